The summed E-state index contributed by atoms with van der Waals surface area (Å²) < 4.78 is 7.88. The van der Waals surface area contributed by atoms with Gasteiger partial charge in [-0.25, -0.2) is 9.59 Å². The van der Waals surface area contributed by atoms with Gasteiger partial charge < -0.3 is 15.0 Å². The predicted octanol–water partition coefficient (Wildman–Crippen LogP) is 2.20. The number of carbonyl (C=O) groups excluding carboxylic acids is 2. The summed E-state index contributed by atoms with van der Waals surface area (Å²) in [5, 5.41) is 11.4. The highest BCUT2D eigenvalue weighted by atomic mass is 16.5. The predicted molar refractivity (Wildman–Crippen MR) is 135 cm³/mol. The van der Waals surface area contributed by atoms with Gasteiger partial charge in [0.2, 0.25) is 0 Å². The van der Waals surface area contributed by atoms with Crippen LogP contribution in [-0.4, -0.2) is 68.7 Å². The monoisotopic (exact) mass is 492 g/mol. The summed E-state index contributed by atoms with van der Waals surface area (Å²) in [6, 6.07) is 16.9. The van der Waals surface area contributed by atoms with Crippen LogP contribution in [0.1, 0.15) is 42.1 Å². The van der Waals surface area contributed by atoms with Gasteiger partial charge in [0.1, 0.15) is 5.54 Å². The number of methoxy groups -OCH3 is 1. The standard InChI is InChI=1S/C26H32N6O4/c1-3-23(33)21-11-7-8-12-22(21)27-26(24(34)36-2)13-15-30(16-14-26)17-18-31-25(35)32(29-28-31)19-20-9-5-4-6-10-20/h4-12,27H,3,13-19H2,1-2H3. The van der Waals surface area contributed by atoms with Crippen molar-refractivity contribution in [2.24, 2.45) is 0 Å². The number of esters is 1. The maximum absolute atomic E-state index is 12.9. The van der Waals surface area contributed by atoms with Crippen LogP contribution in [0.25, 0.3) is 0 Å². The van der Waals surface area contributed by atoms with Crippen molar-refractivity contribution >= 4 is 17.4 Å². The molecule has 1 aromatic heterocycles. The topological polar surface area (TPSA) is 111 Å². The Morgan fingerprint density at radius 2 is 1.64 bits per heavy atom. The van der Waals surface area contributed by atoms with E-state index in [1.54, 1.807) is 6.07 Å². The Kier molecular flexibility index (Phi) is 7.94. The number of anilines is 1. The molecule has 4 rings (SSSR count). The van der Waals surface area contributed by atoms with Gasteiger partial charge in [0.05, 0.1) is 20.2 Å². The third kappa shape index (κ3) is 5.54. The number of carbonyl (C=O) groups is 2. The number of nitrogens with one attached hydrogen (secondary N) is 1. The number of hydrogen-bond acceptors (Lipinski definition) is 8. The molecule has 0 saturated carbocycles. The quantitative estimate of drug-likeness (QED) is 0.339. The van der Waals surface area contributed by atoms with Crippen LogP contribution in [0, 0.1) is 0 Å². The SMILES string of the molecule is CCC(=O)c1ccccc1NC1(C(=O)OC)CCN(CCn2nnn(Cc3ccccc3)c2=O)CC1. The van der Waals surface area contributed by atoms with Crippen molar-refractivity contribution in [3.05, 3.63) is 76.2 Å². The number of ketones is 1. The average Bonchev–Trinajstić information content (AvgIpc) is 3.26. The van der Waals surface area contributed by atoms with E-state index in [2.05, 4.69) is 20.6 Å². The first-order chi connectivity index (χ1) is 17.5. The lowest BCUT2D eigenvalue weighted by molar-refractivity contribution is -0.147. The maximum Gasteiger partial charge on any atom is 0.364 e. The van der Waals surface area contributed by atoms with Crippen molar-refractivity contribution in [2.45, 2.75) is 44.8 Å². The number of benzene rings is 2. The molecule has 0 bridgehead atoms. The molecule has 36 heavy (non-hydrogen) atoms. The van der Waals surface area contributed by atoms with Crippen LogP contribution >= 0.6 is 0 Å². The van der Waals surface area contributed by atoms with Gasteiger partial charge in [0.15, 0.2) is 5.78 Å². The summed E-state index contributed by atoms with van der Waals surface area (Å²) >= 11 is 0. The molecule has 190 valence electrons. The van der Waals surface area contributed by atoms with Crippen LogP contribution in [-0.2, 0) is 22.6 Å². The minimum Gasteiger partial charge on any atom is -0.467 e. The number of nitrogens with zero attached hydrogens (tertiary/aromatic N) is 5. The third-order valence-corrected chi connectivity index (χ3v) is 6.71. The molecule has 0 amide bonds. The smallest absolute Gasteiger partial charge is 0.364 e. The highest BCUT2D eigenvalue weighted by Crippen LogP contribution is 2.30. The molecular weight excluding hydrogens is 460 g/mol. The zero-order valence-corrected chi connectivity index (χ0v) is 20.7. The molecule has 1 aliphatic heterocycles. The molecule has 2 heterocycles. The number of para-hydroxylation sites is 1. The highest BCUT2D eigenvalue weighted by Gasteiger charge is 2.43. The van der Waals surface area contributed by atoms with Gasteiger partial charge in [-0.05, 0) is 41.0 Å². The molecule has 0 aliphatic carbocycles. The van der Waals surface area contributed by atoms with Crippen LogP contribution in [0.15, 0.2) is 59.4 Å². The van der Waals surface area contributed by atoms with Crippen molar-refractivity contribution in [2.75, 3.05) is 32.1 Å². The Balaban J connectivity index is 1.39. The van der Waals surface area contributed by atoms with Crippen LogP contribution < -0.4 is 11.0 Å². The molecule has 1 saturated heterocycles. The first-order valence-corrected chi connectivity index (χ1v) is 12.2. The molecule has 10 heteroatoms. The lowest BCUT2D eigenvalue weighted by Crippen LogP contribution is -2.55. The second kappa shape index (κ2) is 11.3. The van der Waals surface area contributed by atoms with Crippen molar-refractivity contribution in [1.29, 1.82) is 0 Å². The van der Waals surface area contributed by atoms with Crippen molar-refractivity contribution in [1.82, 2.24) is 24.7 Å². The molecule has 1 aliphatic rings. The minimum atomic E-state index is -0.926. The Morgan fingerprint density at radius 1 is 0.972 bits per heavy atom. The lowest BCUT2D eigenvalue weighted by atomic mass is 9.86. The number of piperidine rings is 1. The zero-order valence-electron chi connectivity index (χ0n) is 20.7. The third-order valence-electron chi connectivity index (χ3n) is 6.71. The first-order valence-electron chi connectivity index (χ1n) is 12.2. The average molecular weight is 493 g/mol. The minimum absolute atomic E-state index is 0.0151. The number of ether oxygens (including phenoxy) is 1. The summed E-state index contributed by atoms with van der Waals surface area (Å²) in [6.07, 6.45) is 1.39. The number of tetrazole rings is 1. The van der Waals surface area contributed by atoms with E-state index in [0.717, 1.165) is 5.56 Å². The molecule has 0 unspecified atom stereocenters. The molecule has 0 radical (unpaired) electrons. The van der Waals surface area contributed by atoms with Gasteiger partial charge in [-0.2, -0.15) is 9.36 Å². The van der Waals surface area contributed by atoms with Crippen molar-refractivity contribution < 1.29 is 14.3 Å². The molecule has 3 aromatic rings. The number of aromatic nitrogens is 4. The van der Waals surface area contributed by atoms with Gasteiger partial charge in [0, 0.05) is 37.3 Å². The lowest BCUT2D eigenvalue weighted by Gasteiger charge is -2.41. The van der Waals surface area contributed by atoms with E-state index < -0.39 is 5.54 Å². The van der Waals surface area contributed by atoms with Gasteiger partial charge in [-0.15, -0.1) is 0 Å². The van der Waals surface area contributed by atoms with Crippen LogP contribution in [0.5, 0.6) is 0 Å². The highest BCUT2D eigenvalue weighted by molar-refractivity contribution is 6.01. The van der Waals surface area contributed by atoms with Crippen molar-refractivity contribution in [3.8, 4) is 0 Å². The Bertz CT molecular complexity index is 1240. The van der Waals surface area contributed by atoms with E-state index in [9.17, 15) is 14.4 Å². The Morgan fingerprint density at radius 3 is 2.33 bits per heavy atom. The normalized spacial score (nSPS) is 15.4. The van der Waals surface area contributed by atoms with Gasteiger partial charge >= 0.3 is 11.7 Å². The number of Topliss-reactive ketones (excluding diaryl/α,β-unsaturated/α-hetero) is 1. The summed E-state index contributed by atoms with van der Waals surface area (Å²) in [7, 11) is 1.38. The van der Waals surface area contributed by atoms with E-state index >= 15 is 0 Å². The van der Waals surface area contributed by atoms with Gasteiger partial charge in [0.25, 0.3) is 0 Å². The zero-order chi connectivity index (χ0) is 25.5. The second-order valence-electron chi connectivity index (χ2n) is 8.99. The van der Waals surface area contributed by atoms with Crippen LogP contribution in [0.4, 0.5) is 5.69 Å². The largest absolute Gasteiger partial charge is 0.467 e. The van der Waals surface area contributed by atoms with Gasteiger partial charge in [-0.3, -0.25) is 4.79 Å². The fourth-order valence-electron chi connectivity index (χ4n) is 4.56. The molecule has 1 N–H and O–H groups in total. The summed E-state index contributed by atoms with van der Waals surface area (Å²) in [4.78, 5) is 40.2. The van der Waals surface area contributed by atoms with Crippen LogP contribution in [0.2, 0.25) is 0 Å². The van der Waals surface area contributed by atoms with E-state index in [1.165, 1.54) is 16.5 Å². The van der Waals surface area contributed by atoms with E-state index in [4.69, 9.17) is 4.74 Å². The molecule has 1 fully saturated rings. The summed E-state index contributed by atoms with van der Waals surface area (Å²) in [5.41, 5.74) is 1.02. The molecule has 0 atom stereocenters. The van der Waals surface area contributed by atoms with E-state index in [-0.39, 0.29) is 17.4 Å². The molecule has 0 spiro atoms. The fraction of sp³-hybridized carbons (Fsp3) is 0.423. The summed E-state index contributed by atoms with van der Waals surface area (Å²) in [6.45, 7) is 4.45. The maximum atomic E-state index is 12.9. The fourth-order valence-corrected chi connectivity index (χ4v) is 4.56. The molecule has 2 aromatic carbocycles. The second-order valence-corrected chi connectivity index (χ2v) is 8.99. The number of hydrogen-bond donors (Lipinski definition) is 1. The van der Waals surface area contributed by atoms with E-state index in [0.29, 0.717) is 63.2 Å². The first kappa shape index (κ1) is 25.3. The molecular formula is C26H32N6O4. The Hall–Kier alpha value is -3.79. The van der Waals surface area contributed by atoms with Crippen molar-refractivity contribution in [3.63, 3.8) is 0 Å². The van der Waals surface area contributed by atoms with E-state index in [1.807, 2.05) is 55.5 Å². The number of rotatable bonds is 10. The van der Waals surface area contributed by atoms with Crippen LogP contribution in [0.3, 0.4) is 0 Å². The number of likely N-dealkylation sites (tertiary alicyclic amines) is 1. The Labute approximate surface area is 209 Å². The molecule has 10 nitrogen and oxygen atoms in total. The van der Waals surface area contributed by atoms with Gasteiger partial charge in [-0.1, -0.05) is 49.4 Å². The summed E-state index contributed by atoms with van der Waals surface area (Å²) in [5.74, 6) is -0.331.